The number of anilines is 3. The molecule has 0 spiro atoms. The number of nitrogens with zero attached hydrogens (tertiary/aromatic N) is 4. The lowest BCUT2D eigenvalue weighted by Crippen LogP contribution is -2.51. The first-order valence-electron chi connectivity index (χ1n) is 10.2. The predicted octanol–water partition coefficient (Wildman–Crippen LogP) is 3.28. The maximum Gasteiger partial charge on any atom is 0.331 e. The molecule has 1 aliphatic rings. The molecule has 1 aliphatic heterocycles. The minimum absolute atomic E-state index is 0.00132. The van der Waals surface area contributed by atoms with Gasteiger partial charge in [0, 0.05) is 36.9 Å². The van der Waals surface area contributed by atoms with Gasteiger partial charge in [-0.05, 0) is 43.3 Å². The van der Waals surface area contributed by atoms with Crippen LogP contribution in [0.4, 0.5) is 21.9 Å². The van der Waals surface area contributed by atoms with Gasteiger partial charge in [0.05, 0.1) is 23.8 Å². The van der Waals surface area contributed by atoms with Crippen LogP contribution in [0.3, 0.4) is 0 Å². The molecule has 3 aromatic rings. The normalized spacial score (nSPS) is 15.9. The Kier molecular flexibility index (Phi) is 6.18. The average molecular weight is 416 g/mol. The molecular formula is C23H24N6O2. The fourth-order valence-corrected chi connectivity index (χ4v) is 3.54. The van der Waals surface area contributed by atoms with Gasteiger partial charge in [0.25, 0.3) is 5.91 Å². The number of aromatic nitrogens is 2. The lowest BCUT2D eigenvalue weighted by Gasteiger charge is -2.32. The molecule has 2 aromatic carbocycles. The minimum Gasteiger partial charge on any atom is -0.336 e. The van der Waals surface area contributed by atoms with Crippen molar-refractivity contribution in [1.82, 2.24) is 20.2 Å². The van der Waals surface area contributed by atoms with E-state index < -0.39 is 0 Å². The molecule has 0 bridgehead atoms. The van der Waals surface area contributed by atoms with Gasteiger partial charge < -0.3 is 15.5 Å². The van der Waals surface area contributed by atoms with Gasteiger partial charge in [-0.2, -0.15) is 0 Å². The summed E-state index contributed by atoms with van der Waals surface area (Å²) in [5.74, 6) is -0.00132. The van der Waals surface area contributed by atoms with E-state index in [1.807, 2.05) is 35.2 Å². The topological polar surface area (TPSA) is 90.5 Å². The predicted molar refractivity (Wildman–Crippen MR) is 119 cm³/mol. The molecule has 8 nitrogen and oxygen atoms in total. The van der Waals surface area contributed by atoms with Gasteiger partial charge in [0.1, 0.15) is 6.33 Å². The smallest absolute Gasteiger partial charge is 0.331 e. The van der Waals surface area contributed by atoms with Gasteiger partial charge in [0.2, 0.25) is 0 Å². The molecule has 2 N–H and O–H groups in total. The standard InChI is InChI=1S/C23H24N6O2/c1-17-15-28(12-11-26-17)22(30)18-7-9-19(10-8-18)27-23(31)29(20-5-3-2-4-6-20)21-13-24-16-25-14-21/h2-10,13-14,16-17,26H,11-12,15H2,1H3,(H,27,31)/t17-/m1/s1. The van der Waals surface area contributed by atoms with Gasteiger partial charge >= 0.3 is 6.03 Å². The minimum atomic E-state index is -0.351. The van der Waals surface area contributed by atoms with Crippen molar-refractivity contribution in [3.8, 4) is 0 Å². The van der Waals surface area contributed by atoms with Crippen molar-refractivity contribution in [1.29, 1.82) is 0 Å². The van der Waals surface area contributed by atoms with Gasteiger partial charge in [0.15, 0.2) is 0 Å². The molecule has 1 atom stereocenters. The summed E-state index contributed by atoms with van der Waals surface area (Å²) in [6.07, 6.45) is 4.57. The summed E-state index contributed by atoms with van der Waals surface area (Å²) < 4.78 is 0. The molecule has 8 heteroatoms. The summed E-state index contributed by atoms with van der Waals surface area (Å²) >= 11 is 0. The summed E-state index contributed by atoms with van der Waals surface area (Å²) in [7, 11) is 0. The molecule has 0 unspecified atom stereocenters. The number of benzene rings is 2. The van der Waals surface area contributed by atoms with E-state index in [4.69, 9.17) is 0 Å². The molecule has 1 aromatic heterocycles. The van der Waals surface area contributed by atoms with Gasteiger partial charge in [-0.25, -0.2) is 14.8 Å². The van der Waals surface area contributed by atoms with Crippen LogP contribution >= 0.6 is 0 Å². The van der Waals surface area contributed by atoms with Crippen molar-refractivity contribution >= 4 is 29.0 Å². The third kappa shape index (κ3) is 4.87. The van der Waals surface area contributed by atoms with Crippen molar-refractivity contribution in [2.24, 2.45) is 0 Å². The molecule has 31 heavy (non-hydrogen) atoms. The van der Waals surface area contributed by atoms with Crippen LogP contribution in [0.5, 0.6) is 0 Å². The Morgan fingerprint density at radius 1 is 1.03 bits per heavy atom. The zero-order valence-corrected chi connectivity index (χ0v) is 17.2. The number of rotatable bonds is 4. The highest BCUT2D eigenvalue weighted by molar-refractivity contribution is 6.07. The number of urea groups is 1. The number of carbonyl (C=O) groups is 2. The number of nitrogens with one attached hydrogen (secondary N) is 2. The molecule has 1 fully saturated rings. The highest BCUT2D eigenvalue weighted by Gasteiger charge is 2.22. The molecule has 0 aliphatic carbocycles. The Labute approximate surface area is 180 Å². The van der Waals surface area contributed by atoms with E-state index in [9.17, 15) is 9.59 Å². The summed E-state index contributed by atoms with van der Waals surface area (Å²) in [5, 5.41) is 6.22. The molecule has 1 saturated heterocycles. The summed E-state index contributed by atoms with van der Waals surface area (Å²) in [4.78, 5) is 37.2. The first kappa shape index (κ1) is 20.5. The Morgan fingerprint density at radius 3 is 2.42 bits per heavy atom. The Morgan fingerprint density at radius 2 is 1.74 bits per heavy atom. The Bertz CT molecular complexity index is 987. The van der Waals surface area contributed by atoms with E-state index >= 15 is 0 Å². The third-order valence-electron chi connectivity index (χ3n) is 5.06. The first-order valence-corrected chi connectivity index (χ1v) is 10.2. The van der Waals surface area contributed by atoms with Crippen LogP contribution in [-0.2, 0) is 0 Å². The fourth-order valence-electron chi connectivity index (χ4n) is 3.54. The molecule has 2 heterocycles. The second-order valence-corrected chi connectivity index (χ2v) is 7.38. The molecule has 4 rings (SSSR count). The van der Waals surface area contributed by atoms with Crippen molar-refractivity contribution < 1.29 is 9.59 Å². The van der Waals surface area contributed by atoms with E-state index in [-0.39, 0.29) is 18.0 Å². The quantitative estimate of drug-likeness (QED) is 0.681. The zero-order valence-electron chi connectivity index (χ0n) is 17.2. The number of piperazine rings is 1. The molecular weight excluding hydrogens is 392 g/mol. The monoisotopic (exact) mass is 416 g/mol. The first-order chi connectivity index (χ1) is 15.1. The Balaban J connectivity index is 1.50. The zero-order chi connectivity index (χ0) is 21.6. The third-order valence-corrected chi connectivity index (χ3v) is 5.06. The molecule has 0 radical (unpaired) electrons. The number of hydrogen-bond acceptors (Lipinski definition) is 5. The number of amides is 3. The van der Waals surface area contributed by atoms with E-state index in [0.29, 0.717) is 35.7 Å². The van der Waals surface area contributed by atoms with E-state index in [1.54, 1.807) is 36.7 Å². The van der Waals surface area contributed by atoms with Crippen LogP contribution in [0.2, 0.25) is 0 Å². The number of para-hydroxylation sites is 1. The second kappa shape index (κ2) is 9.36. The average Bonchev–Trinajstić information content (AvgIpc) is 2.81. The molecule has 0 saturated carbocycles. The van der Waals surface area contributed by atoms with Crippen LogP contribution in [0.25, 0.3) is 0 Å². The maximum absolute atomic E-state index is 13.1. The van der Waals surface area contributed by atoms with Crippen molar-refractivity contribution in [3.63, 3.8) is 0 Å². The van der Waals surface area contributed by atoms with Crippen LogP contribution in [0.15, 0.2) is 73.3 Å². The lowest BCUT2D eigenvalue weighted by atomic mass is 10.1. The highest BCUT2D eigenvalue weighted by atomic mass is 16.2. The highest BCUT2D eigenvalue weighted by Crippen LogP contribution is 2.25. The molecule has 158 valence electrons. The largest absolute Gasteiger partial charge is 0.336 e. The van der Waals surface area contributed by atoms with Crippen LogP contribution < -0.4 is 15.5 Å². The Hall–Kier alpha value is -3.78. The molecule has 3 amide bonds. The van der Waals surface area contributed by atoms with Crippen LogP contribution in [0, 0.1) is 0 Å². The van der Waals surface area contributed by atoms with Gasteiger partial charge in [-0.3, -0.25) is 9.69 Å². The van der Waals surface area contributed by atoms with Gasteiger partial charge in [-0.1, -0.05) is 18.2 Å². The van der Waals surface area contributed by atoms with Crippen molar-refractivity contribution in [2.75, 3.05) is 29.9 Å². The van der Waals surface area contributed by atoms with E-state index in [0.717, 1.165) is 6.54 Å². The SMILES string of the molecule is C[C@@H]1CN(C(=O)c2ccc(NC(=O)N(c3ccccc3)c3cncnc3)cc2)CCN1. The summed E-state index contributed by atoms with van der Waals surface area (Å²) in [5.41, 5.74) is 2.43. The summed E-state index contributed by atoms with van der Waals surface area (Å²) in [6, 6.07) is 16.2. The fraction of sp³-hybridized carbons (Fsp3) is 0.217. The van der Waals surface area contributed by atoms with E-state index in [2.05, 4.69) is 27.5 Å². The lowest BCUT2D eigenvalue weighted by molar-refractivity contribution is 0.0709. The summed E-state index contributed by atoms with van der Waals surface area (Å²) in [6.45, 7) is 4.23. The second-order valence-electron chi connectivity index (χ2n) is 7.38. The van der Waals surface area contributed by atoms with Crippen molar-refractivity contribution in [2.45, 2.75) is 13.0 Å². The maximum atomic E-state index is 13.1. The van der Waals surface area contributed by atoms with Gasteiger partial charge in [-0.15, -0.1) is 0 Å². The number of carbonyl (C=O) groups excluding carboxylic acids is 2. The van der Waals surface area contributed by atoms with E-state index in [1.165, 1.54) is 11.2 Å². The van der Waals surface area contributed by atoms with Crippen molar-refractivity contribution in [3.05, 3.63) is 78.9 Å². The van der Waals surface area contributed by atoms with Crippen LogP contribution in [-0.4, -0.2) is 52.5 Å². The van der Waals surface area contributed by atoms with Crippen LogP contribution in [0.1, 0.15) is 17.3 Å². The number of hydrogen-bond donors (Lipinski definition) is 2.